The van der Waals surface area contributed by atoms with Gasteiger partial charge in [0.05, 0.1) is 36.9 Å². The lowest BCUT2D eigenvalue weighted by Crippen LogP contribution is -2.66. The van der Waals surface area contributed by atoms with Crippen molar-refractivity contribution >= 4 is 24.5 Å². The molecular formula is C22H39N7O12. The fourth-order valence-electron chi connectivity index (χ4n) is 5.30. The van der Waals surface area contributed by atoms with Gasteiger partial charge in [0.1, 0.15) is 48.9 Å². The van der Waals surface area contributed by atoms with Crippen LogP contribution >= 0.6 is 0 Å². The van der Waals surface area contributed by atoms with Crippen LogP contribution in [0.25, 0.3) is 0 Å². The third kappa shape index (κ3) is 6.29. The molecule has 19 heteroatoms. The minimum atomic E-state index is -2.39. The van der Waals surface area contributed by atoms with Crippen molar-refractivity contribution in [2.75, 3.05) is 13.7 Å². The lowest BCUT2D eigenvalue weighted by atomic mass is 9.81. The number of rotatable bonds is 10. The average molecular weight is 594 g/mol. The molecule has 2 aliphatic heterocycles. The van der Waals surface area contributed by atoms with E-state index in [2.05, 4.69) is 15.3 Å². The van der Waals surface area contributed by atoms with Gasteiger partial charge >= 0.3 is 0 Å². The second kappa shape index (κ2) is 13.2. The Bertz CT molecular complexity index is 985. The van der Waals surface area contributed by atoms with Gasteiger partial charge in [0.2, 0.25) is 0 Å². The Morgan fingerprint density at radius 2 is 1.54 bits per heavy atom. The van der Waals surface area contributed by atoms with Crippen molar-refractivity contribution in [2.45, 2.75) is 92.1 Å². The molecule has 3 aliphatic rings. The molecule has 1 saturated carbocycles. The molecule has 0 bridgehead atoms. The summed E-state index contributed by atoms with van der Waals surface area (Å²) in [6, 6.07) is -4.07. The number of likely N-dealkylation sites (N-methyl/N-ethyl adjacent to an activating group) is 1. The monoisotopic (exact) mass is 593 g/mol. The molecule has 0 amide bonds. The summed E-state index contributed by atoms with van der Waals surface area (Å²) >= 11 is 0. The molecule has 0 aromatic rings. The van der Waals surface area contributed by atoms with Crippen molar-refractivity contribution in [3.05, 3.63) is 0 Å². The first-order valence-electron chi connectivity index (χ1n) is 12.7. The van der Waals surface area contributed by atoms with Crippen molar-refractivity contribution in [1.82, 2.24) is 5.32 Å². The van der Waals surface area contributed by atoms with E-state index in [1.54, 1.807) is 0 Å². The molecule has 3 rings (SSSR count). The van der Waals surface area contributed by atoms with Gasteiger partial charge in [0.15, 0.2) is 36.4 Å². The number of hydrogen-bond donors (Lipinski definition) is 11. The zero-order valence-corrected chi connectivity index (χ0v) is 22.3. The SMILES string of the molecule is CN[C@H]1[C@@H](O[C@@H]2[C@@H](O[C@H]3[C@H](O)[C@@H](O)[C@H](N=C(N)N)[C@@H](O)[C@@H]3N=C(N)N)O[C@H](C)[C@@]2(O)C=O)O[C@@H](CO)[C@H](C=O)[C@@H]1O. The Morgan fingerprint density at radius 1 is 0.927 bits per heavy atom. The molecule has 15 atom stereocenters. The number of hydrogen-bond acceptors (Lipinski definition) is 15. The molecule has 3 fully saturated rings. The van der Waals surface area contributed by atoms with E-state index in [0.29, 0.717) is 6.29 Å². The average Bonchev–Trinajstić information content (AvgIpc) is 3.15. The molecule has 2 heterocycles. The number of aldehydes is 2. The van der Waals surface area contributed by atoms with Crippen molar-refractivity contribution in [1.29, 1.82) is 0 Å². The van der Waals surface area contributed by atoms with E-state index in [4.69, 9.17) is 41.9 Å². The van der Waals surface area contributed by atoms with Crippen molar-refractivity contribution < 1.29 is 59.2 Å². The van der Waals surface area contributed by atoms with E-state index in [1.165, 1.54) is 14.0 Å². The summed E-state index contributed by atoms with van der Waals surface area (Å²) in [5.41, 5.74) is 19.4. The van der Waals surface area contributed by atoms with Crippen LogP contribution in [-0.4, -0.2) is 154 Å². The summed E-state index contributed by atoms with van der Waals surface area (Å²) in [5.74, 6) is -2.17. The summed E-state index contributed by atoms with van der Waals surface area (Å²) < 4.78 is 23.1. The number of guanidine groups is 2. The van der Waals surface area contributed by atoms with Gasteiger partial charge in [-0.1, -0.05) is 0 Å². The second-order valence-electron chi connectivity index (χ2n) is 10.1. The van der Waals surface area contributed by atoms with E-state index in [1.807, 2.05) is 0 Å². The van der Waals surface area contributed by atoms with E-state index in [-0.39, 0.29) is 6.29 Å². The van der Waals surface area contributed by atoms with Crippen molar-refractivity contribution in [3.8, 4) is 0 Å². The van der Waals surface area contributed by atoms with Gasteiger partial charge in [-0.05, 0) is 14.0 Å². The Hall–Kier alpha value is -2.56. The van der Waals surface area contributed by atoms with Gasteiger partial charge in [0, 0.05) is 0 Å². The van der Waals surface area contributed by atoms with Gasteiger partial charge in [-0.3, -0.25) is 4.79 Å². The molecule has 1 aliphatic carbocycles. The molecule has 41 heavy (non-hydrogen) atoms. The maximum Gasteiger partial charge on any atom is 0.188 e. The molecule has 19 nitrogen and oxygen atoms in total. The highest BCUT2D eigenvalue weighted by molar-refractivity contribution is 5.76. The van der Waals surface area contributed by atoms with Crippen LogP contribution in [0.3, 0.4) is 0 Å². The quantitative estimate of drug-likeness (QED) is 0.0636. The van der Waals surface area contributed by atoms with Gasteiger partial charge in [-0.25, -0.2) is 9.98 Å². The topological polar surface area (TPSA) is 333 Å². The van der Waals surface area contributed by atoms with Crippen LogP contribution in [0.1, 0.15) is 6.92 Å². The third-order valence-electron chi connectivity index (χ3n) is 7.59. The zero-order chi connectivity index (χ0) is 30.8. The van der Waals surface area contributed by atoms with Crippen LogP contribution in [0.15, 0.2) is 9.98 Å². The Kier molecular flexibility index (Phi) is 10.6. The first-order chi connectivity index (χ1) is 19.2. The van der Waals surface area contributed by atoms with Crippen molar-refractivity contribution in [2.24, 2.45) is 38.8 Å². The van der Waals surface area contributed by atoms with Crippen LogP contribution in [0, 0.1) is 5.92 Å². The third-order valence-corrected chi connectivity index (χ3v) is 7.59. The highest BCUT2D eigenvalue weighted by Crippen LogP contribution is 2.38. The lowest BCUT2D eigenvalue weighted by molar-refractivity contribution is -0.305. The number of ether oxygens (including phenoxy) is 4. The smallest absolute Gasteiger partial charge is 0.188 e. The minimum absolute atomic E-state index is 0.139. The molecule has 234 valence electrons. The van der Waals surface area contributed by atoms with Gasteiger partial charge in [-0.2, -0.15) is 0 Å². The van der Waals surface area contributed by atoms with E-state index in [0.717, 1.165) is 0 Å². The number of nitrogens with two attached hydrogens (primary N) is 4. The predicted molar refractivity (Wildman–Crippen MR) is 136 cm³/mol. The summed E-state index contributed by atoms with van der Waals surface area (Å²) in [4.78, 5) is 31.3. The van der Waals surface area contributed by atoms with E-state index < -0.39 is 110 Å². The van der Waals surface area contributed by atoms with E-state index in [9.17, 15) is 40.2 Å². The van der Waals surface area contributed by atoms with Crippen LogP contribution < -0.4 is 28.3 Å². The summed E-state index contributed by atoms with van der Waals surface area (Å²) in [5, 5.41) is 66.9. The number of nitrogens with one attached hydrogen (secondary N) is 1. The summed E-state index contributed by atoms with van der Waals surface area (Å²) in [6.07, 6.45) is -15.3. The predicted octanol–water partition coefficient (Wildman–Crippen LogP) is -7.71. The number of carbonyl (C=O) groups is 2. The maximum atomic E-state index is 12.1. The second-order valence-corrected chi connectivity index (χ2v) is 10.1. The van der Waals surface area contributed by atoms with Crippen LogP contribution in [0.2, 0.25) is 0 Å². The number of aliphatic hydroxyl groups excluding tert-OH is 5. The summed E-state index contributed by atoms with van der Waals surface area (Å²) in [7, 11) is 1.43. The highest BCUT2D eigenvalue weighted by atomic mass is 16.8. The first-order valence-corrected chi connectivity index (χ1v) is 12.7. The summed E-state index contributed by atoms with van der Waals surface area (Å²) in [6.45, 7) is 0.649. The zero-order valence-electron chi connectivity index (χ0n) is 22.3. The molecule has 2 saturated heterocycles. The number of nitrogens with zero attached hydrogens (tertiary/aromatic N) is 2. The Labute approximate surface area is 234 Å². The molecule has 15 N–H and O–H groups in total. The van der Waals surface area contributed by atoms with Gasteiger partial charge in [-0.15, -0.1) is 0 Å². The molecule has 0 spiro atoms. The minimum Gasteiger partial charge on any atom is -0.394 e. The first kappa shape index (κ1) is 32.9. The van der Waals surface area contributed by atoms with Crippen LogP contribution in [0.5, 0.6) is 0 Å². The fourth-order valence-corrected chi connectivity index (χ4v) is 5.30. The molecule has 0 unspecified atom stereocenters. The molecule has 0 aromatic carbocycles. The molecule has 0 radical (unpaired) electrons. The standard InChI is InChI=1S/C22H39N7O12/c1-6-22(37,5-32)17(41-18-11(27-2)12(33)7(3-30)8(4-31)39-18)19(38-6)40-16-10(29-21(25)26)13(34)9(28-20(23)24)14(35)15(16)36/h3,5-19,27,31,33-37H,4H2,1-2H3,(H4,23,24,28)(H4,25,26,29)/t6-,7+,8+,9-,10+,11-,12+,13-,14+,15-,16-,17-,18-,19-,22+/m1/s1. The Morgan fingerprint density at radius 3 is 2.05 bits per heavy atom. The van der Waals surface area contributed by atoms with Crippen molar-refractivity contribution in [3.63, 3.8) is 0 Å². The molecular weight excluding hydrogens is 554 g/mol. The van der Waals surface area contributed by atoms with Gasteiger partial charge < -0.3 is 82.6 Å². The maximum absolute atomic E-state index is 12.1. The largest absolute Gasteiger partial charge is 0.394 e. The van der Waals surface area contributed by atoms with Crippen LogP contribution in [-0.2, 0) is 28.5 Å². The highest BCUT2D eigenvalue weighted by Gasteiger charge is 2.60. The normalized spacial score (nSPS) is 46.4. The number of aliphatic hydroxyl groups is 6. The number of carbonyl (C=O) groups excluding carboxylic acids is 2. The van der Waals surface area contributed by atoms with Gasteiger partial charge in [0.25, 0.3) is 0 Å². The van der Waals surface area contributed by atoms with Crippen LogP contribution in [0.4, 0.5) is 0 Å². The lowest BCUT2D eigenvalue weighted by Gasteiger charge is -2.45. The van der Waals surface area contributed by atoms with E-state index >= 15 is 0 Å². The fraction of sp³-hybridized carbons (Fsp3) is 0.818. The number of aliphatic imine (C=N–C) groups is 2. The molecule has 0 aromatic heterocycles. The Balaban J connectivity index is 1.97.